The van der Waals surface area contributed by atoms with Crippen molar-refractivity contribution < 1.29 is 14.4 Å². The van der Waals surface area contributed by atoms with Crippen LogP contribution in [0.15, 0.2) is 53.3 Å². The van der Waals surface area contributed by atoms with E-state index in [-0.39, 0.29) is 5.69 Å². The lowest BCUT2D eigenvalue weighted by molar-refractivity contribution is -0.133. The van der Waals surface area contributed by atoms with E-state index in [9.17, 15) is 19.2 Å². The first kappa shape index (κ1) is 22.6. The molecule has 2 aromatic carbocycles. The molecule has 1 aliphatic heterocycles. The molecule has 5 rings (SSSR count). The quantitative estimate of drug-likeness (QED) is 0.555. The Balaban J connectivity index is 1.36. The highest BCUT2D eigenvalue weighted by Crippen LogP contribution is 2.32. The zero-order chi connectivity index (χ0) is 24.9. The normalized spacial score (nSPS) is 19.1. The lowest BCUT2D eigenvalue weighted by Gasteiger charge is -2.23. The number of aromatic nitrogens is 2. The number of rotatable bonds is 5. The number of urea groups is 1. The molecule has 9 nitrogen and oxygen atoms in total. The summed E-state index contributed by atoms with van der Waals surface area (Å²) < 4.78 is 3.09. The smallest absolute Gasteiger partial charge is 0.319 e. The molecule has 2 heterocycles. The van der Waals surface area contributed by atoms with E-state index in [2.05, 4.69) is 10.6 Å². The molecule has 1 aromatic heterocycles. The Hall–Kier alpha value is -4.14. The van der Waals surface area contributed by atoms with Crippen molar-refractivity contribution in [1.29, 1.82) is 0 Å². The van der Waals surface area contributed by atoms with Crippen LogP contribution >= 0.6 is 0 Å². The molecular formula is C26H27N5O4. The Bertz CT molecular complexity index is 1420. The molecule has 1 saturated heterocycles. The highest BCUT2D eigenvalue weighted by molar-refractivity contribution is 6.10. The first-order valence-corrected chi connectivity index (χ1v) is 11.6. The minimum absolute atomic E-state index is 0.106. The second kappa shape index (κ2) is 8.26. The summed E-state index contributed by atoms with van der Waals surface area (Å²) in [4.78, 5) is 52.9. The Morgan fingerprint density at radius 2 is 1.77 bits per heavy atom. The maximum Gasteiger partial charge on any atom is 0.325 e. The molecule has 35 heavy (non-hydrogen) atoms. The van der Waals surface area contributed by atoms with Gasteiger partial charge in [-0.1, -0.05) is 36.4 Å². The van der Waals surface area contributed by atoms with Crippen LogP contribution in [-0.2, 0) is 35.0 Å². The minimum atomic E-state index is -1.25. The maximum atomic E-state index is 13.3. The zero-order valence-corrected chi connectivity index (χ0v) is 19.9. The maximum absolute atomic E-state index is 13.3. The predicted octanol–water partition coefficient (Wildman–Crippen LogP) is 2.38. The SMILES string of the molecule is Cc1c(NC(=O)CN2C(=O)NC(C)(c3ccc4c(c3)CCC4)C2=O)c(=O)n(-c2ccccc2)n1C. The second-order valence-electron chi connectivity index (χ2n) is 9.27. The highest BCUT2D eigenvalue weighted by Gasteiger charge is 2.49. The lowest BCUT2D eigenvalue weighted by Crippen LogP contribution is -2.42. The van der Waals surface area contributed by atoms with E-state index in [4.69, 9.17) is 0 Å². The number of hydrogen-bond donors (Lipinski definition) is 2. The first-order chi connectivity index (χ1) is 16.7. The molecule has 0 spiro atoms. The van der Waals surface area contributed by atoms with Crippen LogP contribution in [0.5, 0.6) is 0 Å². The largest absolute Gasteiger partial charge is 0.325 e. The van der Waals surface area contributed by atoms with Gasteiger partial charge in [0.05, 0.1) is 11.4 Å². The average Bonchev–Trinajstić information content (AvgIpc) is 3.46. The third-order valence-corrected chi connectivity index (χ3v) is 7.07. The number of fused-ring (bicyclic) bond motifs is 1. The molecule has 2 aliphatic rings. The number of benzene rings is 2. The Morgan fingerprint density at radius 3 is 2.51 bits per heavy atom. The van der Waals surface area contributed by atoms with E-state index in [0.717, 1.165) is 24.2 Å². The molecule has 0 saturated carbocycles. The molecular weight excluding hydrogens is 446 g/mol. The summed E-state index contributed by atoms with van der Waals surface area (Å²) in [7, 11) is 1.72. The van der Waals surface area contributed by atoms with Crippen LogP contribution in [0.2, 0.25) is 0 Å². The molecule has 3 aromatic rings. The van der Waals surface area contributed by atoms with Gasteiger partial charge in [0.2, 0.25) is 5.91 Å². The summed E-state index contributed by atoms with van der Waals surface area (Å²) in [5.74, 6) is -1.13. The number of amides is 4. The van der Waals surface area contributed by atoms with Crippen molar-refractivity contribution in [2.24, 2.45) is 7.05 Å². The van der Waals surface area contributed by atoms with Crippen molar-refractivity contribution in [3.63, 3.8) is 0 Å². The highest BCUT2D eigenvalue weighted by atomic mass is 16.2. The standard InChI is InChI=1S/C26H27N5O4/c1-16-22(23(33)31(29(16)3)20-10-5-4-6-11-20)27-21(32)15-30-24(34)26(2,28-25(30)35)19-13-12-17-8-7-9-18(17)14-19/h4-6,10-14H,7-9,15H2,1-3H3,(H,27,32)(H,28,35). The Labute approximate surface area is 202 Å². The number of carbonyl (C=O) groups excluding carboxylic acids is 3. The van der Waals surface area contributed by atoms with Crippen LogP contribution in [0, 0.1) is 6.92 Å². The number of carbonyl (C=O) groups is 3. The molecule has 180 valence electrons. The summed E-state index contributed by atoms with van der Waals surface area (Å²) >= 11 is 0. The predicted molar refractivity (Wildman–Crippen MR) is 130 cm³/mol. The van der Waals surface area contributed by atoms with E-state index < -0.39 is 35.5 Å². The molecule has 1 fully saturated rings. The summed E-state index contributed by atoms with van der Waals surface area (Å²) in [5, 5.41) is 5.36. The van der Waals surface area contributed by atoms with Gasteiger partial charge in [-0.3, -0.25) is 24.0 Å². The lowest BCUT2D eigenvalue weighted by atomic mass is 9.89. The monoisotopic (exact) mass is 473 g/mol. The van der Waals surface area contributed by atoms with Crippen molar-refractivity contribution in [1.82, 2.24) is 19.6 Å². The van der Waals surface area contributed by atoms with Gasteiger partial charge < -0.3 is 10.6 Å². The van der Waals surface area contributed by atoms with Crippen LogP contribution in [0.4, 0.5) is 10.5 Å². The molecule has 4 amide bonds. The third kappa shape index (κ3) is 3.63. The summed E-state index contributed by atoms with van der Waals surface area (Å²) in [6.07, 6.45) is 3.04. The number of nitrogens with zero attached hydrogens (tertiary/aromatic N) is 3. The van der Waals surface area contributed by atoms with Crippen molar-refractivity contribution in [2.75, 3.05) is 11.9 Å². The van der Waals surface area contributed by atoms with Crippen LogP contribution in [-0.4, -0.2) is 38.7 Å². The fraction of sp³-hybridized carbons (Fsp3) is 0.308. The van der Waals surface area contributed by atoms with Crippen molar-refractivity contribution >= 4 is 23.5 Å². The van der Waals surface area contributed by atoms with E-state index >= 15 is 0 Å². The fourth-order valence-electron chi connectivity index (χ4n) is 4.95. The summed E-state index contributed by atoms with van der Waals surface area (Å²) in [5.41, 5.74) is 2.82. The van der Waals surface area contributed by atoms with Gasteiger partial charge in [-0.2, -0.15) is 0 Å². The van der Waals surface area contributed by atoms with Gasteiger partial charge in [0.15, 0.2) is 0 Å². The molecule has 1 aliphatic carbocycles. The van der Waals surface area contributed by atoms with E-state index in [1.165, 1.54) is 15.8 Å². The van der Waals surface area contributed by atoms with Gasteiger partial charge in [0.25, 0.3) is 11.5 Å². The number of para-hydroxylation sites is 1. The first-order valence-electron chi connectivity index (χ1n) is 11.6. The minimum Gasteiger partial charge on any atom is -0.319 e. The third-order valence-electron chi connectivity index (χ3n) is 7.07. The van der Waals surface area contributed by atoms with Crippen LogP contribution in [0.1, 0.15) is 35.7 Å². The molecule has 0 bridgehead atoms. The van der Waals surface area contributed by atoms with Gasteiger partial charge in [0.1, 0.15) is 17.8 Å². The molecule has 0 radical (unpaired) electrons. The van der Waals surface area contributed by atoms with Crippen LogP contribution in [0.25, 0.3) is 5.69 Å². The number of imide groups is 1. The average molecular weight is 474 g/mol. The van der Waals surface area contributed by atoms with Crippen LogP contribution in [0.3, 0.4) is 0 Å². The number of aryl methyl sites for hydroxylation is 2. The molecule has 1 unspecified atom stereocenters. The molecule has 9 heteroatoms. The van der Waals surface area contributed by atoms with E-state index in [0.29, 0.717) is 16.9 Å². The fourth-order valence-corrected chi connectivity index (χ4v) is 4.95. The Morgan fingerprint density at radius 1 is 1.06 bits per heavy atom. The molecule has 2 N–H and O–H groups in total. The molecule has 1 atom stereocenters. The van der Waals surface area contributed by atoms with Crippen molar-refractivity contribution in [3.05, 3.63) is 81.3 Å². The van der Waals surface area contributed by atoms with Gasteiger partial charge in [-0.15, -0.1) is 0 Å². The van der Waals surface area contributed by atoms with Gasteiger partial charge in [-0.25, -0.2) is 9.48 Å². The second-order valence-corrected chi connectivity index (χ2v) is 9.27. The van der Waals surface area contributed by atoms with Gasteiger partial charge >= 0.3 is 6.03 Å². The summed E-state index contributed by atoms with van der Waals surface area (Å²) in [6, 6.07) is 14.3. The zero-order valence-electron chi connectivity index (χ0n) is 19.9. The number of nitrogens with one attached hydrogen (secondary N) is 2. The van der Waals surface area contributed by atoms with Crippen molar-refractivity contribution in [3.8, 4) is 5.69 Å². The van der Waals surface area contributed by atoms with E-state index in [1.54, 1.807) is 37.7 Å². The Kier molecular flexibility index (Phi) is 5.35. The van der Waals surface area contributed by atoms with Gasteiger partial charge in [0, 0.05) is 7.05 Å². The van der Waals surface area contributed by atoms with E-state index in [1.807, 2.05) is 36.4 Å². The summed E-state index contributed by atoms with van der Waals surface area (Å²) in [6.45, 7) is 2.88. The van der Waals surface area contributed by atoms with Gasteiger partial charge in [-0.05, 0) is 61.9 Å². The van der Waals surface area contributed by atoms with Crippen molar-refractivity contribution in [2.45, 2.75) is 38.6 Å². The van der Waals surface area contributed by atoms with Crippen LogP contribution < -0.4 is 16.2 Å². The topological polar surface area (TPSA) is 105 Å². The number of anilines is 1. The number of hydrogen-bond acceptors (Lipinski definition) is 4.